The van der Waals surface area contributed by atoms with Gasteiger partial charge in [0.1, 0.15) is 0 Å². The lowest BCUT2D eigenvalue weighted by Crippen LogP contribution is -2.23. The van der Waals surface area contributed by atoms with Crippen molar-refractivity contribution in [1.29, 1.82) is 0 Å². The normalized spacial score (nSPS) is 22.3. The van der Waals surface area contributed by atoms with Gasteiger partial charge in [0.2, 0.25) is 5.56 Å². The minimum atomic E-state index is -4.28. The molecule has 1 spiro atoms. The first kappa shape index (κ1) is 24.1. The molecule has 2 unspecified atom stereocenters. The number of benzene rings is 1. The van der Waals surface area contributed by atoms with E-state index in [0.717, 1.165) is 66.8 Å². The van der Waals surface area contributed by atoms with E-state index < -0.39 is 11.7 Å². The van der Waals surface area contributed by atoms with Gasteiger partial charge in [0.15, 0.2) is 11.0 Å². The minimum Gasteiger partial charge on any atom is -0.318 e. The molecule has 0 amide bonds. The van der Waals surface area contributed by atoms with Crippen molar-refractivity contribution < 1.29 is 13.2 Å². The van der Waals surface area contributed by atoms with Gasteiger partial charge in [-0.1, -0.05) is 23.9 Å². The van der Waals surface area contributed by atoms with E-state index in [4.69, 9.17) is 0 Å². The molecular weight excluding hydrogens is 475 g/mol. The highest BCUT2D eigenvalue weighted by atomic mass is 32.2. The van der Waals surface area contributed by atoms with Crippen molar-refractivity contribution in [3.8, 4) is 11.4 Å². The van der Waals surface area contributed by atoms with Crippen molar-refractivity contribution in [3.05, 3.63) is 64.1 Å². The van der Waals surface area contributed by atoms with Crippen LogP contribution in [-0.4, -0.2) is 49.6 Å². The number of likely N-dealkylation sites (tertiary alicyclic amines) is 1. The molecule has 1 aromatic carbocycles. The van der Waals surface area contributed by atoms with E-state index in [9.17, 15) is 18.0 Å². The lowest BCUT2D eigenvalue weighted by atomic mass is 9.97. The van der Waals surface area contributed by atoms with E-state index in [2.05, 4.69) is 15.1 Å². The number of pyridine rings is 1. The summed E-state index contributed by atoms with van der Waals surface area (Å²) in [4.78, 5) is 14.1. The van der Waals surface area contributed by atoms with Gasteiger partial charge in [-0.05, 0) is 67.4 Å². The smallest absolute Gasteiger partial charge is 0.318 e. The third-order valence-electron chi connectivity index (χ3n) is 7.32. The summed E-state index contributed by atoms with van der Waals surface area (Å²) in [5.41, 5.74) is 1.48. The summed E-state index contributed by atoms with van der Waals surface area (Å²) in [6.45, 7) is 3.06. The van der Waals surface area contributed by atoms with Gasteiger partial charge in [0, 0.05) is 44.2 Å². The predicted molar refractivity (Wildman–Crippen MR) is 129 cm³/mol. The van der Waals surface area contributed by atoms with Gasteiger partial charge in [-0.2, -0.15) is 13.2 Å². The molecule has 0 radical (unpaired) electrons. The van der Waals surface area contributed by atoms with Crippen LogP contribution in [0.5, 0.6) is 0 Å². The lowest BCUT2D eigenvalue weighted by molar-refractivity contribution is -0.137. The number of rotatable bonds is 7. The fraction of sp³-hybridized carbons (Fsp3) is 0.480. The summed E-state index contributed by atoms with van der Waals surface area (Å²) in [5.74, 6) is 2.02. The summed E-state index contributed by atoms with van der Waals surface area (Å²) in [6, 6.07) is 9.03. The largest absolute Gasteiger partial charge is 0.416 e. The molecule has 2 atom stereocenters. The molecule has 2 aromatic heterocycles. The van der Waals surface area contributed by atoms with Crippen LogP contribution < -0.4 is 5.56 Å². The first-order valence-electron chi connectivity index (χ1n) is 11.8. The Morgan fingerprint density at radius 1 is 1.11 bits per heavy atom. The van der Waals surface area contributed by atoms with E-state index >= 15 is 0 Å². The van der Waals surface area contributed by atoms with Gasteiger partial charge in [-0.15, -0.1) is 10.2 Å². The zero-order chi connectivity index (χ0) is 24.8. The minimum absolute atomic E-state index is 0.0638. The van der Waals surface area contributed by atoms with Crippen molar-refractivity contribution in [1.82, 2.24) is 24.2 Å². The SMILES string of the molecule is Cn1c(SCCCN2CCC3(CC3c3ccc(C(F)(F)F)cc3)C2)nnc1-c1ccc(=O)n(C)c1. The third-order valence-corrected chi connectivity index (χ3v) is 8.43. The molecule has 3 heterocycles. The van der Waals surface area contributed by atoms with Crippen LogP contribution in [0.1, 0.15) is 36.3 Å². The zero-order valence-electron chi connectivity index (χ0n) is 19.8. The van der Waals surface area contributed by atoms with Crippen molar-refractivity contribution in [3.63, 3.8) is 0 Å². The number of nitrogens with zero attached hydrogens (tertiary/aromatic N) is 5. The van der Waals surface area contributed by atoms with E-state index in [-0.39, 0.29) is 11.0 Å². The molecule has 0 N–H and O–H groups in total. The van der Waals surface area contributed by atoms with Gasteiger partial charge in [0.05, 0.1) is 5.56 Å². The van der Waals surface area contributed by atoms with Crippen LogP contribution in [0.15, 0.2) is 52.5 Å². The van der Waals surface area contributed by atoms with E-state index in [1.54, 1.807) is 43.2 Å². The fourth-order valence-electron chi connectivity index (χ4n) is 5.22. The van der Waals surface area contributed by atoms with Crippen molar-refractivity contribution >= 4 is 11.8 Å². The molecule has 2 fully saturated rings. The van der Waals surface area contributed by atoms with Crippen molar-refractivity contribution in [2.45, 2.75) is 36.5 Å². The molecule has 1 saturated heterocycles. The maximum absolute atomic E-state index is 12.8. The number of hydrogen-bond donors (Lipinski definition) is 0. The highest BCUT2D eigenvalue weighted by molar-refractivity contribution is 7.99. The lowest BCUT2D eigenvalue weighted by Gasteiger charge is -2.16. The highest BCUT2D eigenvalue weighted by Crippen LogP contribution is 2.64. The molecule has 10 heteroatoms. The second-order valence-corrected chi connectivity index (χ2v) is 10.8. The number of hydrogen-bond acceptors (Lipinski definition) is 5. The molecular formula is C25H28F3N5OS. The summed E-state index contributed by atoms with van der Waals surface area (Å²) in [7, 11) is 3.65. The Bertz CT molecular complexity index is 1270. The van der Waals surface area contributed by atoms with Gasteiger partial charge in [-0.3, -0.25) is 4.79 Å². The Labute approximate surface area is 206 Å². The second kappa shape index (κ2) is 9.13. The van der Waals surface area contributed by atoms with Gasteiger partial charge >= 0.3 is 6.18 Å². The highest BCUT2D eigenvalue weighted by Gasteiger charge is 2.57. The molecule has 2 aliphatic rings. The summed E-state index contributed by atoms with van der Waals surface area (Å²) >= 11 is 1.67. The zero-order valence-corrected chi connectivity index (χ0v) is 20.6. The average molecular weight is 504 g/mol. The Morgan fingerprint density at radius 3 is 2.60 bits per heavy atom. The first-order chi connectivity index (χ1) is 16.7. The summed E-state index contributed by atoms with van der Waals surface area (Å²) < 4.78 is 42.0. The molecule has 1 aliphatic carbocycles. The molecule has 6 nitrogen and oxygen atoms in total. The monoisotopic (exact) mass is 503 g/mol. The Morgan fingerprint density at radius 2 is 1.89 bits per heavy atom. The van der Waals surface area contributed by atoms with E-state index in [0.29, 0.717) is 5.92 Å². The number of aryl methyl sites for hydroxylation is 1. The first-order valence-corrected chi connectivity index (χ1v) is 12.7. The van der Waals surface area contributed by atoms with E-state index in [1.165, 1.54) is 22.8 Å². The van der Waals surface area contributed by atoms with Gasteiger partial charge < -0.3 is 14.0 Å². The van der Waals surface area contributed by atoms with Crippen LogP contribution in [0.4, 0.5) is 13.2 Å². The third kappa shape index (κ3) is 4.91. The van der Waals surface area contributed by atoms with Gasteiger partial charge in [-0.25, -0.2) is 0 Å². The van der Waals surface area contributed by atoms with Crippen molar-refractivity contribution in [2.24, 2.45) is 19.5 Å². The molecule has 1 aliphatic heterocycles. The van der Waals surface area contributed by atoms with E-state index in [1.807, 2.05) is 11.6 Å². The summed E-state index contributed by atoms with van der Waals surface area (Å²) in [5, 5.41) is 9.46. The molecule has 3 aromatic rings. The average Bonchev–Trinajstić information content (AvgIpc) is 3.16. The Kier molecular flexibility index (Phi) is 6.29. The van der Waals surface area contributed by atoms with Crippen LogP contribution in [0.2, 0.25) is 0 Å². The fourth-order valence-corrected chi connectivity index (χ4v) is 6.05. The maximum Gasteiger partial charge on any atom is 0.416 e. The standard InChI is InChI=1S/C25H28F3N5OS/c1-31-15-18(6-9-21(31)34)22-29-30-23(32(22)2)35-13-3-11-33-12-10-24(16-33)14-20(24)17-4-7-19(8-5-17)25(26,27)28/h4-9,15,20H,3,10-14,16H2,1-2H3. The van der Waals surface area contributed by atoms with Crippen LogP contribution in [0.3, 0.4) is 0 Å². The number of halogens is 3. The number of thioether (sulfide) groups is 1. The van der Waals surface area contributed by atoms with Crippen molar-refractivity contribution in [2.75, 3.05) is 25.4 Å². The maximum atomic E-state index is 12.8. The van der Waals surface area contributed by atoms with Crippen LogP contribution in [-0.2, 0) is 20.3 Å². The number of aromatic nitrogens is 4. The number of alkyl halides is 3. The molecule has 186 valence electrons. The van der Waals surface area contributed by atoms with Crippen LogP contribution in [0, 0.1) is 5.41 Å². The Balaban J connectivity index is 1.10. The quantitative estimate of drug-likeness (QED) is 0.350. The van der Waals surface area contributed by atoms with Crippen LogP contribution in [0.25, 0.3) is 11.4 Å². The second-order valence-electron chi connectivity index (χ2n) is 9.70. The molecule has 5 rings (SSSR count). The topological polar surface area (TPSA) is 56.0 Å². The summed E-state index contributed by atoms with van der Waals surface area (Å²) in [6.07, 6.45) is 0.678. The Hall–Kier alpha value is -2.59. The van der Waals surface area contributed by atoms with Gasteiger partial charge in [0.25, 0.3) is 0 Å². The predicted octanol–water partition coefficient (Wildman–Crippen LogP) is 4.56. The molecule has 1 saturated carbocycles. The van der Waals surface area contributed by atoms with Crippen LogP contribution >= 0.6 is 11.8 Å². The molecule has 35 heavy (non-hydrogen) atoms. The molecule has 0 bridgehead atoms.